The van der Waals surface area contributed by atoms with E-state index in [-0.39, 0.29) is 23.8 Å². The molecule has 13 heteroatoms. The van der Waals surface area contributed by atoms with Gasteiger partial charge < -0.3 is 19.7 Å². The van der Waals surface area contributed by atoms with Gasteiger partial charge in [0.05, 0.1) is 24.4 Å². The van der Waals surface area contributed by atoms with Gasteiger partial charge in [-0.2, -0.15) is 18.3 Å². The number of morpholine rings is 1. The maximum atomic E-state index is 13.1. The van der Waals surface area contributed by atoms with Gasteiger partial charge in [0.2, 0.25) is 5.91 Å². The van der Waals surface area contributed by atoms with Crippen molar-refractivity contribution in [3.05, 3.63) is 47.9 Å². The summed E-state index contributed by atoms with van der Waals surface area (Å²) in [6, 6.07) is 6.45. The van der Waals surface area contributed by atoms with Crippen LogP contribution in [-0.2, 0) is 22.3 Å². The molecule has 4 heterocycles. The molecule has 2 aliphatic heterocycles. The van der Waals surface area contributed by atoms with E-state index in [1.807, 2.05) is 0 Å². The highest BCUT2D eigenvalue weighted by atomic mass is 19.4. The number of rotatable bonds is 8. The maximum absolute atomic E-state index is 13.1. The Morgan fingerprint density at radius 3 is 2.59 bits per heavy atom. The zero-order valence-corrected chi connectivity index (χ0v) is 21.2. The first-order valence-corrected chi connectivity index (χ1v) is 12.8. The fourth-order valence-electron chi connectivity index (χ4n) is 4.65. The van der Waals surface area contributed by atoms with Crippen molar-refractivity contribution in [2.45, 2.75) is 25.6 Å². The fourth-order valence-corrected chi connectivity index (χ4v) is 4.65. The van der Waals surface area contributed by atoms with Crippen LogP contribution in [0.15, 0.2) is 36.5 Å². The van der Waals surface area contributed by atoms with Gasteiger partial charge in [0.15, 0.2) is 0 Å². The lowest BCUT2D eigenvalue weighted by Gasteiger charge is -2.26. The van der Waals surface area contributed by atoms with Crippen LogP contribution in [0.3, 0.4) is 0 Å². The molecule has 2 amide bonds. The molecule has 1 N–H and O–H groups in total. The molecule has 3 aromatic rings. The summed E-state index contributed by atoms with van der Waals surface area (Å²) >= 11 is 0. The molecule has 5 rings (SSSR count). The summed E-state index contributed by atoms with van der Waals surface area (Å²) in [5, 5.41) is 7.78. The molecule has 0 spiro atoms. The van der Waals surface area contributed by atoms with Crippen molar-refractivity contribution in [1.82, 2.24) is 24.6 Å². The van der Waals surface area contributed by atoms with Crippen LogP contribution in [0.1, 0.15) is 29.0 Å². The Morgan fingerprint density at radius 2 is 1.85 bits per heavy atom. The van der Waals surface area contributed by atoms with Crippen LogP contribution >= 0.6 is 0 Å². The number of hydrogen-bond acceptors (Lipinski definition) is 7. The van der Waals surface area contributed by atoms with E-state index in [4.69, 9.17) is 9.47 Å². The number of halogens is 3. The minimum atomic E-state index is -4.67. The lowest BCUT2D eigenvalue weighted by Crippen LogP contribution is -2.42. The van der Waals surface area contributed by atoms with Gasteiger partial charge in [-0.05, 0) is 44.1 Å². The molecule has 10 nitrogen and oxygen atoms in total. The zero-order valence-electron chi connectivity index (χ0n) is 21.2. The maximum Gasteiger partial charge on any atom is 0.433 e. The van der Waals surface area contributed by atoms with Gasteiger partial charge >= 0.3 is 6.18 Å². The highest BCUT2D eigenvalue weighted by Gasteiger charge is 2.33. The van der Waals surface area contributed by atoms with Crippen LogP contribution in [0.5, 0.6) is 5.75 Å². The van der Waals surface area contributed by atoms with Gasteiger partial charge in [-0.25, -0.2) is 4.98 Å². The summed E-state index contributed by atoms with van der Waals surface area (Å²) in [6.07, 6.45) is -0.720. The number of likely N-dealkylation sites (tertiary alicyclic amines) is 1. The van der Waals surface area contributed by atoms with Crippen molar-refractivity contribution in [3.63, 3.8) is 0 Å². The molecular formula is C26H29F3N6O4. The summed E-state index contributed by atoms with van der Waals surface area (Å²) in [7, 11) is 0. The second-order valence-corrected chi connectivity index (χ2v) is 9.48. The second-order valence-electron chi connectivity index (χ2n) is 9.48. The largest absolute Gasteiger partial charge is 0.490 e. The standard InChI is InChI=1S/C26H29F3N6O4/c27-26(28,29)23-5-3-4-19(30-23)25(37)31-21-14-18-16-35(17-24(36)34-9-11-38-12-10-34)32-20(18)15-22(21)39-13-8-33-6-1-2-7-33/h3-5,14-16H,1-2,6-13,17H2,(H,31,37). The summed E-state index contributed by atoms with van der Waals surface area (Å²) < 4.78 is 52.2. The number of nitrogens with zero attached hydrogens (tertiary/aromatic N) is 5. The molecule has 208 valence electrons. The van der Waals surface area contributed by atoms with E-state index in [2.05, 4.69) is 20.3 Å². The summed E-state index contributed by atoms with van der Waals surface area (Å²) in [4.78, 5) is 33.1. The topological polar surface area (TPSA) is 102 Å². The average molecular weight is 547 g/mol. The van der Waals surface area contributed by atoms with Gasteiger partial charge in [-0.1, -0.05) is 6.07 Å². The van der Waals surface area contributed by atoms with Crippen LogP contribution in [0.25, 0.3) is 10.9 Å². The van der Waals surface area contributed by atoms with E-state index in [9.17, 15) is 22.8 Å². The predicted octanol–water partition coefficient (Wildman–Crippen LogP) is 3.04. The first kappa shape index (κ1) is 26.9. The predicted molar refractivity (Wildman–Crippen MR) is 135 cm³/mol. The summed E-state index contributed by atoms with van der Waals surface area (Å²) in [5.41, 5.74) is -0.707. The molecule has 0 saturated carbocycles. The third-order valence-electron chi connectivity index (χ3n) is 6.70. The number of aromatic nitrogens is 3. The second kappa shape index (κ2) is 11.6. The SMILES string of the molecule is O=C(Nc1cc2cn(CC(=O)N3CCOCC3)nc2cc1OCCN1CCCC1)c1cccc(C(F)(F)F)n1. The van der Waals surface area contributed by atoms with Gasteiger partial charge in [-0.3, -0.25) is 19.2 Å². The van der Waals surface area contributed by atoms with E-state index in [1.54, 1.807) is 23.2 Å². The molecule has 1 aromatic carbocycles. The Labute approximate surface area is 222 Å². The lowest BCUT2D eigenvalue weighted by molar-refractivity contribution is -0.141. The average Bonchev–Trinajstić information content (AvgIpc) is 3.58. The molecule has 0 radical (unpaired) electrons. The number of fused-ring (bicyclic) bond motifs is 1. The number of carbonyl (C=O) groups excluding carboxylic acids is 2. The number of ether oxygens (including phenoxy) is 2. The number of pyridine rings is 1. The van der Waals surface area contributed by atoms with Gasteiger partial charge in [0.1, 0.15) is 30.3 Å². The first-order valence-electron chi connectivity index (χ1n) is 12.8. The zero-order chi connectivity index (χ0) is 27.4. The Morgan fingerprint density at radius 1 is 1.08 bits per heavy atom. The molecule has 0 bridgehead atoms. The van der Waals surface area contributed by atoms with Gasteiger partial charge in [-0.15, -0.1) is 0 Å². The van der Waals surface area contributed by atoms with Crippen LogP contribution in [0, 0.1) is 0 Å². The van der Waals surface area contributed by atoms with Crippen LogP contribution < -0.4 is 10.1 Å². The Balaban J connectivity index is 1.37. The molecule has 0 aliphatic carbocycles. The van der Waals surface area contributed by atoms with Crippen molar-refractivity contribution < 1.29 is 32.2 Å². The minimum Gasteiger partial charge on any atom is -0.490 e. The highest BCUT2D eigenvalue weighted by molar-refractivity contribution is 6.05. The van der Waals surface area contributed by atoms with E-state index < -0.39 is 17.8 Å². The third-order valence-corrected chi connectivity index (χ3v) is 6.70. The quantitative estimate of drug-likeness (QED) is 0.464. The number of amides is 2. The van der Waals surface area contributed by atoms with Crippen molar-refractivity contribution in [1.29, 1.82) is 0 Å². The molecule has 2 fully saturated rings. The van der Waals surface area contributed by atoms with Crippen LogP contribution in [0.2, 0.25) is 0 Å². The molecular weight excluding hydrogens is 517 g/mol. The minimum absolute atomic E-state index is 0.0374. The van der Waals surface area contributed by atoms with Crippen molar-refractivity contribution in [3.8, 4) is 5.75 Å². The van der Waals surface area contributed by atoms with E-state index >= 15 is 0 Å². The third kappa shape index (κ3) is 6.66. The fraction of sp³-hybridized carbons (Fsp3) is 0.462. The number of nitrogens with one attached hydrogen (secondary N) is 1. The number of carbonyl (C=O) groups is 2. The molecule has 0 atom stereocenters. The van der Waals surface area contributed by atoms with Gasteiger partial charge in [0.25, 0.3) is 5.91 Å². The van der Waals surface area contributed by atoms with Crippen LogP contribution in [0.4, 0.5) is 18.9 Å². The van der Waals surface area contributed by atoms with Crippen LogP contribution in [-0.4, -0.2) is 88.9 Å². The Kier molecular flexibility index (Phi) is 7.98. The normalized spacial score (nSPS) is 16.5. The number of hydrogen-bond donors (Lipinski definition) is 1. The lowest BCUT2D eigenvalue weighted by atomic mass is 10.2. The smallest absolute Gasteiger partial charge is 0.433 e. The number of benzene rings is 1. The van der Waals surface area contributed by atoms with E-state index in [0.29, 0.717) is 56.1 Å². The highest BCUT2D eigenvalue weighted by Crippen LogP contribution is 2.31. The van der Waals surface area contributed by atoms with Crippen molar-refractivity contribution in [2.75, 3.05) is 57.9 Å². The van der Waals surface area contributed by atoms with Crippen molar-refractivity contribution >= 4 is 28.4 Å². The molecule has 2 aromatic heterocycles. The van der Waals surface area contributed by atoms with Crippen molar-refractivity contribution in [2.24, 2.45) is 0 Å². The molecule has 2 aliphatic rings. The van der Waals surface area contributed by atoms with E-state index in [0.717, 1.165) is 38.1 Å². The summed E-state index contributed by atoms with van der Waals surface area (Å²) in [5.74, 6) is -0.566. The number of anilines is 1. The van der Waals surface area contributed by atoms with Gasteiger partial charge in [0, 0.05) is 37.3 Å². The monoisotopic (exact) mass is 546 g/mol. The Bertz CT molecular complexity index is 1330. The first-order chi connectivity index (χ1) is 18.8. The molecule has 0 unspecified atom stereocenters. The Hall–Kier alpha value is -3.71. The molecule has 2 saturated heterocycles. The number of alkyl halides is 3. The summed E-state index contributed by atoms with van der Waals surface area (Å²) in [6.45, 7) is 5.11. The molecule has 39 heavy (non-hydrogen) atoms. The van der Waals surface area contributed by atoms with E-state index in [1.165, 1.54) is 10.7 Å².